The van der Waals surface area contributed by atoms with Crippen molar-refractivity contribution in [3.05, 3.63) is 96.6 Å². The molecule has 0 aliphatic heterocycles. The Labute approximate surface area is 146 Å². The molecule has 0 aliphatic rings. The number of para-hydroxylation sites is 2. The van der Waals surface area contributed by atoms with Crippen molar-refractivity contribution >= 4 is 23.2 Å². The van der Waals surface area contributed by atoms with E-state index in [-0.39, 0.29) is 6.03 Å². The van der Waals surface area contributed by atoms with Gasteiger partial charge in [0.2, 0.25) is 0 Å². The van der Waals surface area contributed by atoms with Crippen molar-refractivity contribution in [3.63, 3.8) is 0 Å². The van der Waals surface area contributed by atoms with Crippen LogP contribution in [0.15, 0.2) is 96.0 Å². The van der Waals surface area contributed by atoms with Gasteiger partial charge in [-0.25, -0.2) is 9.79 Å². The number of benzene rings is 3. The van der Waals surface area contributed by atoms with E-state index in [0.29, 0.717) is 11.5 Å². The molecule has 5 nitrogen and oxygen atoms in total. The molecule has 3 rings (SSSR count). The third-order valence-electron chi connectivity index (χ3n) is 3.37. The van der Waals surface area contributed by atoms with Gasteiger partial charge in [-0.2, -0.15) is 0 Å². The fourth-order valence-electron chi connectivity index (χ4n) is 2.19. The van der Waals surface area contributed by atoms with E-state index in [1.165, 1.54) is 0 Å². The third kappa shape index (κ3) is 4.94. The first-order valence-electron chi connectivity index (χ1n) is 7.88. The van der Waals surface area contributed by atoms with Gasteiger partial charge in [0.15, 0.2) is 5.84 Å². The lowest BCUT2D eigenvalue weighted by Gasteiger charge is -2.12. The number of aliphatic imine (C=N–C) groups is 1. The van der Waals surface area contributed by atoms with Gasteiger partial charge in [0.25, 0.3) is 0 Å². The average molecular weight is 330 g/mol. The largest absolute Gasteiger partial charge is 0.337 e. The van der Waals surface area contributed by atoms with Crippen molar-refractivity contribution in [1.82, 2.24) is 10.9 Å². The second-order valence-electron chi connectivity index (χ2n) is 5.23. The fourth-order valence-corrected chi connectivity index (χ4v) is 2.19. The Bertz CT molecular complexity index is 833. The van der Waals surface area contributed by atoms with Crippen LogP contribution < -0.4 is 16.2 Å². The van der Waals surface area contributed by atoms with Crippen LogP contribution in [-0.2, 0) is 0 Å². The first kappa shape index (κ1) is 16.3. The molecule has 5 heteroatoms. The van der Waals surface area contributed by atoms with Gasteiger partial charge in [-0.05, 0) is 24.3 Å². The van der Waals surface area contributed by atoms with Gasteiger partial charge >= 0.3 is 6.03 Å². The Morgan fingerprint density at radius 2 is 1.24 bits per heavy atom. The Balaban J connectivity index is 1.72. The molecule has 124 valence electrons. The van der Waals surface area contributed by atoms with E-state index in [0.717, 1.165) is 11.3 Å². The van der Waals surface area contributed by atoms with Crippen LogP contribution in [0.25, 0.3) is 0 Å². The summed E-state index contributed by atoms with van der Waals surface area (Å²) < 4.78 is 0. The minimum Gasteiger partial charge on any atom is -0.307 e. The number of rotatable bonds is 3. The number of nitrogens with zero attached hydrogens (tertiary/aromatic N) is 1. The number of urea groups is 1. The molecule has 0 aliphatic carbocycles. The minimum atomic E-state index is -0.372. The molecule has 0 bridgehead atoms. The molecule has 0 heterocycles. The van der Waals surface area contributed by atoms with E-state index in [4.69, 9.17) is 0 Å². The van der Waals surface area contributed by atoms with Gasteiger partial charge in [0.05, 0.1) is 5.69 Å². The number of hydrogen-bond donors (Lipinski definition) is 3. The van der Waals surface area contributed by atoms with E-state index < -0.39 is 0 Å². The molecule has 0 saturated carbocycles. The molecule has 0 radical (unpaired) electrons. The zero-order chi connectivity index (χ0) is 17.3. The van der Waals surface area contributed by atoms with Gasteiger partial charge in [-0.1, -0.05) is 66.7 Å². The van der Waals surface area contributed by atoms with Crippen LogP contribution in [0.1, 0.15) is 5.56 Å². The predicted molar refractivity (Wildman–Crippen MR) is 101 cm³/mol. The number of hydrogen-bond acceptors (Lipinski definition) is 2. The SMILES string of the molecule is O=C(NNC(=Nc1ccccc1)c1ccccc1)Nc1ccccc1. The monoisotopic (exact) mass is 330 g/mol. The average Bonchev–Trinajstić information content (AvgIpc) is 2.67. The van der Waals surface area contributed by atoms with Crippen LogP contribution in [0.3, 0.4) is 0 Å². The van der Waals surface area contributed by atoms with Gasteiger partial charge in [-0.3, -0.25) is 10.9 Å². The minimum absolute atomic E-state index is 0.372. The van der Waals surface area contributed by atoms with E-state index >= 15 is 0 Å². The summed E-state index contributed by atoms with van der Waals surface area (Å²) in [6.07, 6.45) is 0. The van der Waals surface area contributed by atoms with Crippen LogP contribution >= 0.6 is 0 Å². The van der Waals surface area contributed by atoms with Gasteiger partial charge < -0.3 is 5.32 Å². The van der Waals surface area contributed by atoms with Crippen LogP contribution in [-0.4, -0.2) is 11.9 Å². The lowest BCUT2D eigenvalue weighted by atomic mass is 10.2. The summed E-state index contributed by atoms with van der Waals surface area (Å²) >= 11 is 0. The zero-order valence-electron chi connectivity index (χ0n) is 13.5. The molecule has 0 atom stereocenters. The van der Waals surface area contributed by atoms with E-state index in [9.17, 15) is 4.79 Å². The first-order chi connectivity index (χ1) is 12.3. The number of carbonyl (C=O) groups is 1. The highest BCUT2D eigenvalue weighted by atomic mass is 16.2. The van der Waals surface area contributed by atoms with Crippen molar-refractivity contribution in [3.8, 4) is 0 Å². The Kier molecular flexibility index (Phi) is 5.40. The molecule has 3 aromatic rings. The summed E-state index contributed by atoms with van der Waals surface area (Å²) in [6.45, 7) is 0. The summed E-state index contributed by atoms with van der Waals surface area (Å²) in [5, 5.41) is 2.75. The molecule has 3 aromatic carbocycles. The van der Waals surface area contributed by atoms with E-state index in [2.05, 4.69) is 21.2 Å². The summed E-state index contributed by atoms with van der Waals surface area (Å²) in [4.78, 5) is 16.6. The first-order valence-corrected chi connectivity index (χ1v) is 7.88. The molecule has 0 saturated heterocycles. The van der Waals surface area contributed by atoms with Crippen LogP contribution in [0.2, 0.25) is 0 Å². The van der Waals surface area contributed by atoms with Crippen molar-refractivity contribution in [2.45, 2.75) is 0 Å². The van der Waals surface area contributed by atoms with Gasteiger partial charge in [0, 0.05) is 11.3 Å². The number of amides is 2. The molecule has 0 spiro atoms. The molecular formula is C20H18N4O. The molecule has 25 heavy (non-hydrogen) atoms. The van der Waals surface area contributed by atoms with Crippen LogP contribution in [0.5, 0.6) is 0 Å². The maximum Gasteiger partial charge on any atom is 0.337 e. The van der Waals surface area contributed by atoms with Crippen LogP contribution in [0, 0.1) is 0 Å². The summed E-state index contributed by atoms with van der Waals surface area (Å²) in [5.41, 5.74) is 7.88. The van der Waals surface area contributed by atoms with Gasteiger partial charge in [-0.15, -0.1) is 0 Å². The van der Waals surface area contributed by atoms with Crippen LogP contribution in [0.4, 0.5) is 16.2 Å². The van der Waals surface area contributed by atoms with Crippen molar-refractivity contribution in [2.24, 2.45) is 4.99 Å². The summed E-state index contributed by atoms with van der Waals surface area (Å²) in [5.74, 6) is 0.551. The highest BCUT2D eigenvalue weighted by molar-refractivity contribution is 6.01. The normalized spacial score (nSPS) is 10.8. The highest BCUT2D eigenvalue weighted by Crippen LogP contribution is 2.12. The quantitative estimate of drug-likeness (QED) is 0.385. The number of anilines is 1. The maximum absolute atomic E-state index is 12.1. The number of carbonyl (C=O) groups excluding carboxylic acids is 1. The second kappa shape index (κ2) is 8.31. The lowest BCUT2D eigenvalue weighted by Crippen LogP contribution is -2.44. The second-order valence-corrected chi connectivity index (χ2v) is 5.23. The van der Waals surface area contributed by atoms with Gasteiger partial charge in [0.1, 0.15) is 0 Å². The number of amidine groups is 1. The van der Waals surface area contributed by atoms with Crippen molar-refractivity contribution in [1.29, 1.82) is 0 Å². The summed E-state index contributed by atoms with van der Waals surface area (Å²) in [7, 11) is 0. The Morgan fingerprint density at radius 1 is 0.680 bits per heavy atom. The third-order valence-corrected chi connectivity index (χ3v) is 3.37. The maximum atomic E-state index is 12.1. The fraction of sp³-hybridized carbons (Fsp3) is 0. The topological polar surface area (TPSA) is 65.5 Å². The molecule has 2 amide bonds. The van der Waals surface area contributed by atoms with Crippen molar-refractivity contribution < 1.29 is 4.79 Å². The van der Waals surface area contributed by atoms with E-state index in [1.807, 2.05) is 91.0 Å². The smallest absolute Gasteiger partial charge is 0.307 e. The molecule has 0 unspecified atom stereocenters. The Morgan fingerprint density at radius 3 is 1.88 bits per heavy atom. The highest BCUT2D eigenvalue weighted by Gasteiger charge is 2.06. The zero-order valence-corrected chi connectivity index (χ0v) is 13.5. The lowest BCUT2D eigenvalue weighted by molar-refractivity contribution is 0.250. The molecule has 3 N–H and O–H groups in total. The standard InChI is InChI=1S/C20H18N4O/c25-20(22-18-14-8-3-9-15-18)24-23-19(16-10-4-1-5-11-16)21-17-12-6-2-7-13-17/h1-15H,(H,21,23)(H2,22,24,25). The van der Waals surface area contributed by atoms with Crippen molar-refractivity contribution in [2.75, 3.05) is 5.32 Å². The molecule has 0 aromatic heterocycles. The van der Waals surface area contributed by atoms with E-state index in [1.54, 1.807) is 0 Å². The number of nitrogens with one attached hydrogen (secondary N) is 3. The summed E-state index contributed by atoms with van der Waals surface area (Å²) in [6, 6.07) is 28.0. The Hall–Kier alpha value is -3.60. The number of hydrazine groups is 1. The predicted octanol–water partition coefficient (Wildman–Crippen LogP) is 4.09. The molecular weight excluding hydrogens is 312 g/mol. The molecule has 0 fully saturated rings.